The maximum Gasteiger partial charge on any atom is 0.340 e. The number of pyridine rings is 1. The molecule has 0 aliphatic carbocycles. The molecule has 0 saturated heterocycles. The average molecular weight is 321 g/mol. The van der Waals surface area contributed by atoms with Crippen molar-refractivity contribution < 1.29 is 17.0 Å². The standard InChI is InChI=1S/C14H12FN3O3S/c1-10-7-18(9-16-10)12-3-4-13-11(6-12)2-5-14(17-13)21-22(19,20)8-15/h2-7,9H,8H2,1H3. The van der Waals surface area contributed by atoms with E-state index in [2.05, 4.69) is 14.2 Å². The van der Waals surface area contributed by atoms with Gasteiger partial charge >= 0.3 is 10.1 Å². The van der Waals surface area contributed by atoms with Crippen molar-refractivity contribution in [2.45, 2.75) is 6.92 Å². The first kappa shape index (κ1) is 14.5. The Morgan fingerprint density at radius 1 is 1.27 bits per heavy atom. The fraction of sp³-hybridized carbons (Fsp3) is 0.143. The van der Waals surface area contributed by atoms with Crippen LogP contribution in [0, 0.1) is 6.92 Å². The molecule has 114 valence electrons. The number of fused-ring (bicyclic) bond motifs is 1. The Kier molecular flexibility index (Phi) is 3.53. The number of imidazole rings is 1. The van der Waals surface area contributed by atoms with E-state index in [9.17, 15) is 12.8 Å². The highest BCUT2D eigenvalue weighted by Crippen LogP contribution is 2.21. The lowest BCUT2D eigenvalue weighted by molar-refractivity contribution is 0.445. The summed E-state index contributed by atoms with van der Waals surface area (Å²) in [5.41, 5.74) is 2.35. The van der Waals surface area contributed by atoms with Crippen LogP contribution in [0.5, 0.6) is 5.88 Å². The highest BCUT2D eigenvalue weighted by molar-refractivity contribution is 7.86. The van der Waals surface area contributed by atoms with Crippen LogP contribution in [0.15, 0.2) is 42.9 Å². The summed E-state index contributed by atoms with van der Waals surface area (Å²) in [6, 6.07) is 6.90. The van der Waals surface area contributed by atoms with Crippen molar-refractivity contribution >= 4 is 21.0 Å². The molecule has 0 aliphatic rings. The molecule has 0 amide bonds. The van der Waals surface area contributed by atoms with Crippen LogP contribution < -0.4 is 4.18 Å². The summed E-state index contributed by atoms with van der Waals surface area (Å²) in [7, 11) is -4.23. The van der Waals surface area contributed by atoms with Gasteiger partial charge in [-0.15, -0.1) is 0 Å². The summed E-state index contributed by atoms with van der Waals surface area (Å²) in [5.74, 6) is -0.156. The summed E-state index contributed by atoms with van der Waals surface area (Å²) < 4.78 is 40.9. The molecule has 2 aromatic heterocycles. The summed E-state index contributed by atoms with van der Waals surface area (Å²) in [5, 5.41) is 0.800. The SMILES string of the molecule is Cc1cn(-c2ccc3nc(OS(=O)(=O)CF)ccc3c2)cn1. The van der Waals surface area contributed by atoms with Crippen LogP contribution >= 0.6 is 0 Å². The zero-order chi connectivity index (χ0) is 15.7. The van der Waals surface area contributed by atoms with Gasteiger partial charge in [0, 0.05) is 23.3 Å². The molecule has 2 heterocycles. The Morgan fingerprint density at radius 2 is 2.09 bits per heavy atom. The van der Waals surface area contributed by atoms with E-state index in [0.29, 0.717) is 5.52 Å². The number of aromatic nitrogens is 3. The number of halogens is 1. The third-order valence-corrected chi connectivity index (χ3v) is 3.69. The number of aryl methyl sites for hydroxylation is 1. The van der Waals surface area contributed by atoms with Crippen molar-refractivity contribution in [3.8, 4) is 11.6 Å². The van der Waals surface area contributed by atoms with E-state index >= 15 is 0 Å². The van der Waals surface area contributed by atoms with Gasteiger partial charge in [0.1, 0.15) is 0 Å². The zero-order valence-corrected chi connectivity index (χ0v) is 12.4. The molecule has 22 heavy (non-hydrogen) atoms. The summed E-state index contributed by atoms with van der Waals surface area (Å²) in [6.07, 6.45) is 3.59. The second-order valence-corrected chi connectivity index (χ2v) is 6.20. The lowest BCUT2D eigenvalue weighted by atomic mass is 10.2. The molecule has 6 nitrogen and oxygen atoms in total. The first-order chi connectivity index (χ1) is 10.5. The van der Waals surface area contributed by atoms with Gasteiger partial charge in [0.25, 0.3) is 0 Å². The predicted octanol–water partition coefficient (Wildman–Crippen LogP) is 2.36. The van der Waals surface area contributed by atoms with E-state index in [0.717, 1.165) is 16.8 Å². The van der Waals surface area contributed by atoms with Crippen molar-refractivity contribution in [2.75, 3.05) is 6.01 Å². The second kappa shape index (κ2) is 5.38. The molecule has 0 unspecified atom stereocenters. The number of nitrogens with zero attached hydrogens (tertiary/aromatic N) is 3. The van der Waals surface area contributed by atoms with Crippen LogP contribution in [0.1, 0.15) is 5.69 Å². The number of benzene rings is 1. The minimum atomic E-state index is -4.23. The lowest BCUT2D eigenvalue weighted by Crippen LogP contribution is -2.11. The highest BCUT2D eigenvalue weighted by atomic mass is 32.2. The molecule has 0 spiro atoms. The number of hydrogen-bond acceptors (Lipinski definition) is 5. The van der Waals surface area contributed by atoms with E-state index in [1.165, 1.54) is 6.07 Å². The molecular weight excluding hydrogens is 309 g/mol. The molecule has 0 bridgehead atoms. The Bertz CT molecular complexity index is 937. The van der Waals surface area contributed by atoms with Crippen molar-refractivity contribution in [1.82, 2.24) is 14.5 Å². The molecule has 0 fully saturated rings. The first-order valence-electron chi connectivity index (χ1n) is 6.37. The topological polar surface area (TPSA) is 74.1 Å². The fourth-order valence-electron chi connectivity index (χ4n) is 2.02. The van der Waals surface area contributed by atoms with Crippen molar-refractivity contribution in [3.63, 3.8) is 0 Å². The van der Waals surface area contributed by atoms with Gasteiger partial charge in [0.2, 0.25) is 11.9 Å². The molecule has 1 aromatic carbocycles. The van der Waals surface area contributed by atoms with Crippen LogP contribution in [0.2, 0.25) is 0 Å². The molecule has 0 radical (unpaired) electrons. The van der Waals surface area contributed by atoms with Gasteiger partial charge < -0.3 is 8.75 Å². The first-order valence-corrected chi connectivity index (χ1v) is 7.94. The third-order valence-electron chi connectivity index (χ3n) is 3.00. The minimum Gasteiger partial charge on any atom is -0.360 e. The highest BCUT2D eigenvalue weighted by Gasteiger charge is 2.13. The summed E-state index contributed by atoms with van der Waals surface area (Å²) in [6.45, 7) is 1.90. The van der Waals surface area contributed by atoms with Crippen LogP contribution in [0.3, 0.4) is 0 Å². The summed E-state index contributed by atoms with van der Waals surface area (Å²) in [4.78, 5) is 8.22. The third kappa shape index (κ3) is 2.91. The molecule has 0 aliphatic heterocycles. The fourth-order valence-corrected chi connectivity index (χ4v) is 2.41. The van der Waals surface area contributed by atoms with Crippen molar-refractivity contribution in [2.24, 2.45) is 0 Å². The molecule has 0 saturated carbocycles. The van der Waals surface area contributed by atoms with Crippen molar-refractivity contribution in [3.05, 3.63) is 48.5 Å². The lowest BCUT2D eigenvalue weighted by Gasteiger charge is -2.06. The number of alkyl halides is 1. The minimum absolute atomic E-state index is 0.156. The Balaban J connectivity index is 1.98. The van der Waals surface area contributed by atoms with Gasteiger partial charge in [-0.05, 0) is 31.2 Å². The van der Waals surface area contributed by atoms with Crippen LogP contribution in [0.25, 0.3) is 16.6 Å². The van der Waals surface area contributed by atoms with Crippen LogP contribution in [0.4, 0.5) is 4.39 Å². The van der Waals surface area contributed by atoms with Gasteiger partial charge in [0.15, 0.2) is 0 Å². The van der Waals surface area contributed by atoms with E-state index in [4.69, 9.17) is 0 Å². The molecule has 0 N–H and O–H groups in total. The molecular formula is C14H12FN3O3S. The van der Waals surface area contributed by atoms with Crippen LogP contribution in [-0.2, 0) is 10.1 Å². The quantitative estimate of drug-likeness (QED) is 0.690. The van der Waals surface area contributed by atoms with Gasteiger partial charge in [-0.2, -0.15) is 8.42 Å². The second-order valence-electron chi connectivity index (χ2n) is 4.70. The number of hydrogen-bond donors (Lipinski definition) is 0. The van der Waals surface area contributed by atoms with Gasteiger partial charge in [-0.1, -0.05) is 0 Å². The zero-order valence-electron chi connectivity index (χ0n) is 11.6. The normalized spacial score (nSPS) is 11.7. The monoisotopic (exact) mass is 321 g/mol. The Hall–Kier alpha value is -2.48. The Morgan fingerprint density at radius 3 is 2.77 bits per heavy atom. The molecule has 3 aromatic rings. The Labute approximate surface area is 126 Å². The van der Waals surface area contributed by atoms with E-state index < -0.39 is 16.1 Å². The smallest absolute Gasteiger partial charge is 0.340 e. The van der Waals surface area contributed by atoms with E-state index in [1.54, 1.807) is 18.5 Å². The van der Waals surface area contributed by atoms with Crippen molar-refractivity contribution in [1.29, 1.82) is 0 Å². The van der Waals surface area contributed by atoms with Gasteiger partial charge in [0.05, 0.1) is 17.5 Å². The van der Waals surface area contributed by atoms with Gasteiger partial charge in [-0.3, -0.25) is 0 Å². The van der Waals surface area contributed by atoms with E-state index in [1.807, 2.05) is 29.8 Å². The van der Waals surface area contributed by atoms with Crippen LogP contribution in [-0.4, -0.2) is 29.0 Å². The van der Waals surface area contributed by atoms with Gasteiger partial charge in [-0.25, -0.2) is 14.4 Å². The maximum absolute atomic E-state index is 12.3. The average Bonchev–Trinajstić information content (AvgIpc) is 2.93. The maximum atomic E-state index is 12.3. The molecule has 0 atom stereocenters. The van der Waals surface area contributed by atoms with E-state index in [-0.39, 0.29) is 5.88 Å². The summed E-state index contributed by atoms with van der Waals surface area (Å²) >= 11 is 0. The largest absolute Gasteiger partial charge is 0.360 e. The number of rotatable bonds is 4. The predicted molar refractivity (Wildman–Crippen MR) is 79.1 cm³/mol. The molecule has 8 heteroatoms. The molecule has 3 rings (SSSR count).